The third-order valence-electron chi connectivity index (χ3n) is 3.14. The molecule has 2 heterocycles. The molecule has 0 aliphatic carbocycles. The van der Waals surface area contributed by atoms with E-state index in [1.165, 1.54) is 0 Å². The lowest BCUT2D eigenvalue weighted by molar-refractivity contribution is 0.268. The number of rotatable bonds is 5. The van der Waals surface area contributed by atoms with Crippen LogP contribution in [0.5, 0.6) is 11.5 Å². The molecule has 0 saturated heterocycles. The van der Waals surface area contributed by atoms with Crippen molar-refractivity contribution in [2.24, 2.45) is 0 Å². The van der Waals surface area contributed by atoms with E-state index >= 15 is 0 Å². The first-order chi connectivity index (χ1) is 10.3. The van der Waals surface area contributed by atoms with Gasteiger partial charge in [-0.15, -0.1) is 5.10 Å². The van der Waals surface area contributed by atoms with Gasteiger partial charge in [0.05, 0.1) is 39.1 Å². The zero-order valence-electron chi connectivity index (χ0n) is 11.7. The van der Waals surface area contributed by atoms with E-state index in [9.17, 15) is 0 Å². The van der Waals surface area contributed by atoms with Crippen LogP contribution < -0.4 is 14.8 Å². The lowest BCUT2D eigenvalue weighted by Gasteiger charge is -2.10. The van der Waals surface area contributed by atoms with Gasteiger partial charge in [-0.3, -0.25) is 0 Å². The summed E-state index contributed by atoms with van der Waals surface area (Å²) in [5.41, 5.74) is 1.76. The fraction of sp³-hybridized carbons (Fsp3) is 0.429. The molecule has 1 aliphatic rings. The summed E-state index contributed by atoms with van der Waals surface area (Å²) >= 11 is 0. The molecule has 0 fully saturated rings. The average molecular weight is 290 g/mol. The van der Waals surface area contributed by atoms with Crippen LogP contribution in [0.1, 0.15) is 12.1 Å². The van der Waals surface area contributed by atoms with Crippen molar-refractivity contribution in [3.63, 3.8) is 0 Å². The first-order valence-electron chi connectivity index (χ1n) is 6.98. The van der Waals surface area contributed by atoms with Crippen LogP contribution in [0, 0.1) is 0 Å². The number of fused-ring (bicyclic) bond motifs is 1. The van der Waals surface area contributed by atoms with Crippen LogP contribution in [-0.4, -0.2) is 39.9 Å². The molecule has 0 bridgehead atoms. The summed E-state index contributed by atoms with van der Waals surface area (Å²) in [7, 11) is 0. The predicted molar refractivity (Wildman–Crippen MR) is 76.5 cm³/mol. The minimum atomic E-state index is 0.0540. The van der Waals surface area contributed by atoms with Gasteiger partial charge in [0.15, 0.2) is 11.5 Å². The summed E-state index contributed by atoms with van der Waals surface area (Å²) in [6, 6.07) is 5.79. The molecule has 1 aliphatic heterocycles. The van der Waals surface area contributed by atoms with E-state index in [1.54, 1.807) is 4.68 Å². The standard InChI is InChI=1S/C14H18N4O3/c19-5-4-18-10-12(16-17-18)9-15-11-2-3-13-14(8-11)21-7-1-6-20-13/h2-3,8,10,15,19H,1,4-7,9H2. The smallest absolute Gasteiger partial charge is 0.163 e. The summed E-state index contributed by atoms with van der Waals surface area (Å²) < 4.78 is 12.9. The molecule has 112 valence electrons. The lowest BCUT2D eigenvalue weighted by Crippen LogP contribution is -2.02. The van der Waals surface area contributed by atoms with Crippen molar-refractivity contribution in [1.82, 2.24) is 15.0 Å². The number of nitrogens with zero attached hydrogens (tertiary/aromatic N) is 3. The van der Waals surface area contributed by atoms with Crippen LogP contribution in [0.15, 0.2) is 24.4 Å². The largest absolute Gasteiger partial charge is 0.490 e. The number of anilines is 1. The molecule has 0 spiro atoms. The van der Waals surface area contributed by atoms with Crippen LogP contribution in [0.25, 0.3) is 0 Å². The number of hydrogen-bond acceptors (Lipinski definition) is 6. The maximum atomic E-state index is 8.84. The van der Waals surface area contributed by atoms with E-state index in [2.05, 4.69) is 15.6 Å². The van der Waals surface area contributed by atoms with E-state index in [0.717, 1.165) is 29.3 Å². The van der Waals surface area contributed by atoms with Crippen LogP contribution in [0.3, 0.4) is 0 Å². The van der Waals surface area contributed by atoms with Gasteiger partial charge in [-0.25, -0.2) is 4.68 Å². The zero-order valence-corrected chi connectivity index (χ0v) is 11.7. The van der Waals surface area contributed by atoms with Crippen LogP contribution >= 0.6 is 0 Å². The molecule has 0 amide bonds. The third kappa shape index (κ3) is 3.43. The normalized spacial score (nSPS) is 13.8. The lowest BCUT2D eigenvalue weighted by atomic mass is 10.2. The van der Waals surface area contributed by atoms with Crippen molar-refractivity contribution in [3.8, 4) is 11.5 Å². The molecule has 3 rings (SSSR count). The first kappa shape index (κ1) is 13.7. The van der Waals surface area contributed by atoms with E-state index in [1.807, 2.05) is 24.4 Å². The Hall–Kier alpha value is -2.28. The zero-order chi connectivity index (χ0) is 14.5. The van der Waals surface area contributed by atoms with Crippen molar-refractivity contribution in [2.45, 2.75) is 19.5 Å². The van der Waals surface area contributed by atoms with Crippen LogP contribution in [0.2, 0.25) is 0 Å². The summed E-state index contributed by atoms with van der Waals surface area (Å²) in [4.78, 5) is 0. The number of nitrogens with one attached hydrogen (secondary N) is 1. The van der Waals surface area contributed by atoms with Crippen molar-refractivity contribution < 1.29 is 14.6 Å². The van der Waals surface area contributed by atoms with Crippen molar-refractivity contribution in [2.75, 3.05) is 25.1 Å². The van der Waals surface area contributed by atoms with Crippen LogP contribution in [0.4, 0.5) is 5.69 Å². The number of hydrogen-bond donors (Lipinski definition) is 2. The van der Waals surface area contributed by atoms with Gasteiger partial charge in [0.25, 0.3) is 0 Å². The summed E-state index contributed by atoms with van der Waals surface area (Å²) in [5.74, 6) is 1.55. The molecular formula is C14H18N4O3. The Morgan fingerprint density at radius 1 is 1.24 bits per heavy atom. The highest BCUT2D eigenvalue weighted by Gasteiger charge is 2.10. The Morgan fingerprint density at radius 2 is 2.10 bits per heavy atom. The van der Waals surface area contributed by atoms with Gasteiger partial charge in [-0.05, 0) is 12.1 Å². The Balaban J connectivity index is 1.63. The SMILES string of the molecule is OCCn1cc(CNc2ccc3c(c2)OCCCO3)nn1. The number of ether oxygens (including phenoxy) is 2. The maximum absolute atomic E-state index is 8.84. The minimum absolute atomic E-state index is 0.0540. The second-order valence-electron chi connectivity index (χ2n) is 4.76. The summed E-state index contributed by atoms with van der Waals surface area (Å²) in [6.45, 7) is 2.43. The van der Waals surface area contributed by atoms with Gasteiger partial charge in [0.1, 0.15) is 5.69 Å². The number of aliphatic hydroxyl groups excluding tert-OH is 1. The average Bonchev–Trinajstić information content (AvgIpc) is 2.81. The Kier molecular flexibility index (Phi) is 4.20. The Morgan fingerprint density at radius 3 is 2.95 bits per heavy atom. The van der Waals surface area contributed by atoms with Crippen molar-refractivity contribution >= 4 is 5.69 Å². The molecule has 7 heteroatoms. The molecule has 7 nitrogen and oxygen atoms in total. The number of aromatic nitrogens is 3. The molecule has 1 aromatic heterocycles. The van der Waals surface area contributed by atoms with Crippen LogP contribution in [-0.2, 0) is 13.1 Å². The first-order valence-corrected chi connectivity index (χ1v) is 6.98. The topological polar surface area (TPSA) is 81.4 Å². The van der Waals surface area contributed by atoms with E-state index in [0.29, 0.717) is 26.3 Å². The molecule has 2 N–H and O–H groups in total. The number of aliphatic hydroxyl groups is 1. The molecule has 2 aromatic rings. The van der Waals surface area contributed by atoms with Crippen molar-refractivity contribution in [1.29, 1.82) is 0 Å². The fourth-order valence-corrected chi connectivity index (χ4v) is 2.10. The predicted octanol–water partition coefficient (Wildman–Crippen LogP) is 1.04. The highest BCUT2D eigenvalue weighted by atomic mass is 16.5. The quantitative estimate of drug-likeness (QED) is 0.856. The van der Waals surface area contributed by atoms with Gasteiger partial charge < -0.3 is 19.9 Å². The van der Waals surface area contributed by atoms with Gasteiger partial charge in [-0.1, -0.05) is 5.21 Å². The second-order valence-corrected chi connectivity index (χ2v) is 4.76. The van der Waals surface area contributed by atoms with Gasteiger partial charge in [-0.2, -0.15) is 0 Å². The summed E-state index contributed by atoms with van der Waals surface area (Å²) in [5, 5.41) is 20.1. The van der Waals surface area contributed by atoms with Gasteiger partial charge in [0, 0.05) is 18.2 Å². The fourth-order valence-electron chi connectivity index (χ4n) is 2.10. The molecule has 0 radical (unpaired) electrons. The van der Waals surface area contributed by atoms with E-state index < -0.39 is 0 Å². The molecule has 0 atom stereocenters. The minimum Gasteiger partial charge on any atom is -0.490 e. The molecule has 1 aromatic carbocycles. The number of benzene rings is 1. The van der Waals surface area contributed by atoms with E-state index in [-0.39, 0.29) is 6.61 Å². The van der Waals surface area contributed by atoms with Gasteiger partial charge >= 0.3 is 0 Å². The third-order valence-corrected chi connectivity index (χ3v) is 3.14. The Labute approximate surface area is 122 Å². The molecule has 0 saturated carbocycles. The molecular weight excluding hydrogens is 272 g/mol. The van der Waals surface area contributed by atoms with Gasteiger partial charge in [0.2, 0.25) is 0 Å². The van der Waals surface area contributed by atoms with E-state index in [4.69, 9.17) is 14.6 Å². The monoisotopic (exact) mass is 290 g/mol. The van der Waals surface area contributed by atoms with Crippen molar-refractivity contribution in [3.05, 3.63) is 30.1 Å². The highest BCUT2D eigenvalue weighted by molar-refractivity contribution is 5.55. The second kappa shape index (κ2) is 6.45. The summed E-state index contributed by atoms with van der Waals surface area (Å²) in [6.07, 6.45) is 2.71. The maximum Gasteiger partial charge on any atom is 0.163 e. The Bertz CT molecular complexity index is 600. The molecule has 0 unspecified atom stereocenters. The highest BCUT2D eigenvalue weighted by Crippen LogP contribution is 2.32. The molecule has 21 heavy (non-hydrogen) atoms.